The minimum atomic E-state index is -0.0148. The highest BCUT2D eigenvalue weighted by Gasteiger charge is 2.28. The highest BCUT2D eigenvalue weighted by Crippen LogP contribution is 2.12. The first kappa shape index (κ1) is 14.5. The molecular formula is C12H22N2O2S. The number of imide groups is 1. The Morgan fingerprint density at radius 1 is 1.35 bits per heavy atom. The number of likely N-dealkylation sites (N-methyl/N-ethyl adjacent to an activating group) is 1. The van der Waals surface area contributed by atoms with E-state index < -0.39 is 0 Å². The molecule has 5 heteroatoms. The first-order valence-electron chi connectivity index (χ1n) is 6.17. The maximum Gasteiger partial charge on any atom is 0.229 e. The third-order valence-electron chi connectivity index (χ3n) is 3.15. The van der Waals surface area contributed by atoms with Crippen molar-refractivity contribution in [2.24, 2.45) is 0 Å². The normalized spacial score (nSPS) is 18.2. The first-order valence-corrected chi connectivity index (χ1v) is 7.33. The lowest BCUT2D eigenvalue weighted by Crippen LogP contribution is -2.40. The van der Waals surface area contributed by atoms with Crippen LogP contribution in [0.2, 0.25) is 0 Å². The second-order valence-electron chi connectivity index (χ2n) is 4.43. The van der Waals surface area contributed by atoms with E-state index in [1.165, 1.54) is 4.90 Å². The molecule has 1 heterocycles. The number of carbonyl (C=O) groups excluding carboxylic acids is 2. The molecule has 1 unspecified atom stereocenters. The average molecular weight is 258 g/mol. The van der Waals surface area contributed by atoms with Crippen LogP contribution in [0.4, 0.5) is 0 Å². The van der Waals surface area contributed by atoms with E-state index in [0.717, 1.165) is 18.1 Å². The predicted molar refractivity (Wildman–Crippen MR) is 71.0 cm³/mol. The highest BCUT2D eigenvalue weighted by molar-refractivity contribution is 7.99. The Kier molecular flexibility index (Phi) is 5.98. The van der Waals surface area contributed by atoms with Crippen LogP contribution in [0, 0.1) is 0 Å². The summed E-state index contributed by atoms with van der Waals surface area (Å²) >= 11 is 1.91. The fourth-order valence-corrected chi connectivity index (χ4v) is 2.60. The molecule has 0 radical (unpaired) electrons. The van der Waals surface area contributed by atoms with Crippen LogP contribution in [0.3, 0.4) is 0 Å². The van der Waals surface area contributed by atoms with Gasteiger partial charge in [0.1, 0.15) is 0 Å². The molecule has 1 aliphatic heterocycles. The van der Waals surface area contributed by atoms with Crippen molar-refractivity contribution < 1.29 is 9.59 Å². The van der Waals surface area contributed by atoms with Crippen molar-refractivity contribution in [1.82, 2.24) is 9.80 Å². The summed E-state index contributed by atoms with van der Waals surface area (Å²) in [6.07, 6.45) is 0.785. The van der Waals surface area contributed by atoms with Crippen LogP contribution in [0.5, 0.6) is 0 Å². The van der Waals surface area contributed by atoms with Crippen molar-refractivity contribution in [3.05, 3.63) is 0 Å². The molecule has 2 amide bonds. The van der Waals surface area contributed by atoms with Gasteiger partial charge >= 0.3 is 0 Å². The van der Waals surface area contributed by atoms with Crippen LogP contribution in [0.1, 0.15) is 26.7 Å². The Balaban J connectivity index is 2.29. The third kappa shape index (κ3) is 4.32. The molecular weight excluding hydrogens is 236 g/mol. The van der Waals surface area contributed by atoms with Gasteiger partial charge in [-0.3, -0.25) is 14.5 Å². The number of hydrogen-bond donors (Lipinski definition) is 0. The molecule has 98 valence electrons. The summed E-state index contributed by atoms with van der Waals surface area (Å²) in [6, 6.07) is 0.479. The van der Waals surface area contributed by atoms with Gasteiger partial charge in [0, 0.05) is 37.7 Å². The van der Waals surface area contributed by atoms with Gasteiger partial charge in [0.05, 0.1) is 0 Å². The van der Waals surface area contributed by atoms with E-state index in [1.807, 2.05) is 18.8 Å². The van der Waals surface area contributed by atoms with E-state index in [4.69, 9.17) is 0 Å². The van der Waals surface area contributed by atoms with Gasteiger partial charge in [0.2, 0.25) is 11.8 Å². The summed E-state index contributed by atoms with van der Waals surface area (Å²) in [7, 11) is 2.05. The highest BCUT2D eigenvalue weighted by atomic mass is 32.2. The van der Waals surface area contributed by atoms with Crippen LogP contribution < -0.4 is 0 Å². The number of rotatable bonds is 7. The lowest BCUT2D eigenvalue weighted by atomic mass is 10.3. The molecule has 1 aliphatic rings. The third-order valence-corrected chi connectivity index (χ3v) is 4.27. The van der Waals surface area contributed by atoms with Crippen molar-refractivity contribution in [3.8, 4) is 0 Å². The Hall–Kier alpha value is -0.550. The molecule has 17 heavy (non-hydrogen) atoms. The van der Waals surface area contributed by atoms with Gasteiger partial charge in [-0.05, 0) is 19.7 Å². The molecule has 1 atom stereocenters. The monoisotopic (exact) mass is 258 g/mol. The zero-order chi connectivity index (χ0) is 12.8. The van der Waals surface area contributed by atoms with Gasteiger partial charge in [0.15, 0.2) is 0 Å². The topological polar surface area (TPSA) is 40.6 Å². The van der Waals surface area contributed by atoms with Crippen LogP contribution in [-0.2, 0) is 9.59 Å². The van der Waals surface area contributed by atoms with Gasteiger partial charge in [-0.25, -0.2) is 0 Å². The SMILES string of the molecule is CCSCC(C)N(C)CCN1C(=O)CCC1=O. The Labute approximate surface area is 108 Å². The number of hydrogen-bond acceptors (Lipinski definition) is 4. The Morgan fingerprint density at radius 2 is 1.94 bits per heavy atom. The molecule has 4 nitrogen and oxygen atoms in total. The van der Waals surface area contributed by atoms with Gasteiger partial charge in [-0.1, -0.05) is 6.92 Å². The zero-order valence-electron chi connectivity index (χ0n) is 10.9. The zero-order valence-corrected chi connectivity index (χ0v) is 11.8. The van der Waals surface area contributed by atoms with E-state index in [1.54, 1.807) is 0 Å². The van der Waals surface area contributed by atoms with E-state index in [-0.39, 0.29) is 11.8 Å². The molecule has 1 rings (SSSR count). The Morgan fingerprint density at radius 3 is 2.47 bits per heavy atom. The second kappa shape index (κ2) is 7.01. The van der Waals surface area contributed by atoms with Crippen molar-refractivity contribution in [2.75, 3.05) is 31.6 Å². The number of nitrogens with zero attached hydrogens (tertiary/aromatic N) is 2. The maximum atomic E-state index is 11.4. The summed E-state index contributed by atoms with van der Waals surface area (Å²) in [5.41, 5.74) is 0. The standard InChI is InChI=1S/C12H22N2O2S/c1-4-17-9-10(2)13(3)7-8-14-11(15)5-6-12(14)16/h10H,4-9H2,1-3H3. The number of thioether (sulfide) groups is 1. The van der Waals surface area contributed by atoms with Crippen LogP contribution in [0.15, 0.2) is 0 Å². The quantitative estimate of drug-likeness (QED) is 0.644. The van der Waals surface area contributed by atoms with Gasteiger partial charge < -0.3 is 4.90 Å². The molecule has 1 saturated heterocycles. The lowest BCUT2D eigenvalue weighted by molar-refractivity contribution is -0.138. The maximum absolute atomic E-state index is 11.4. The minimum absolute atomic E-state index is 0.0148. The Bertz CT molecular complexity index is 268. The van der Waals surface area contributed by atoms with Crippen LogP contribution in [-0.4, -0.2) is 59.3 Å². The van der Waals surface area contributed by atoms with Crippen molar-refractivity contribution in [1.29, 1.82) is 0 Å². The van der Waals surface area contributed by atoms with Crippen molar-refractivity contribution >= 4 is 23.6 Å². The van der Waals surface area contributed by atoms with E-state index >= 15 is 0 Å². The van der Waals surface area contributed by atoms with Gasteiger partial charge in [-0.15, -0.1) is 0 Å². The molecule has 0 N–H and O–H groups in total. The first-order chi connectivity index (χ1) is 8.06. The summed E-state index contributed by atoms with van der Waals surface area (Å²) in [6.45, 7) is 5.63. The second-order valence-corrected chi connectivity index (χ2v) is 5.75. The number of amides is 2. The molecule has 1 fully saturated rings. The minimum Gasteiger partial charge on any atom is -0.301 e. The molecule has 0 aromatic heterocycles. The van der Waals surface area contributed by atoms with Crippen molar-refractivity contribution in [3.63, 3.8) is 0 Å². The van der Waals surface area contributed by atoms with Gasteiger partial charge in [-0.2, -0.15) is 11.8 Å². The molecule has 0 aromatic carbocycles. The summed E-state index contributed by atoms with van der Waals surface area (Å²) in [4.78, 5) is 26.5. The molecule has 0 aromatic rings. The average Bonchev–Trinajstić information content (AvgIpc) is 2.63. The lowest BCUT2D eigenvalue weighted by Gasteiger charge is -2.26. The summed E-state index contributed by atoms with van der Waals surface area (Å²) in [5, 5.41) is 0. The fourth-order valence-electron chi connectivity index (χ4n) is 1.77. The van der Waals surface area contributed by atoms with E-state index in [9.17, 15) is 9.59 Å². The molecule has 0 spiro atoms. The van der Waals surface area contributed by atoms with Crippen LogP contribution >= 0.6 is 11.8 Å². The van der Waals surface area contributed by atoms with Gasteiger partial charge in [0.25, 0.3) is 0 Å². The predicted octanol–water partition coefficient (Wildman–Crippen LogP) is 1.21. The number of carbonyl (C=O) groups is 2. The van der Waals surface area contributed by atoms with E-state index in [0.29, 0.717) is 25.4 Å². The fraction of sp³-hybridized carbons (Fsp3) is 0.833. The van der Waals surface area contributed by atoms with E-state index in [2.05, 4.69) is 18.7 Å². The molecule has 0 bridgehead atoms. The summed E-state index contributed by atoms with van der Waals surface area (Å²) in [5.74, 6) is 2.19. The number of likely N-dealkylation sites (tertiary alicyclic amines) is 1. The largest absolute Gasteiger partial charge is 0.301 e. The molecule has 0 aliphatic carbocycles. The van der Waals surface area contributed by atoms with Crippen LogP contribution in [0.25, 0.3) is 0 Å². The molecule has 0 saturated carbocycles. The summed E-state index contributed by atoms with van der Waals surface area (Å²) < 4.78 is 0. The smallest absolute Gasteiger partial charge is 0.229 e. The van der Waals surface area contributed by atoms with Crippen molar-refractivity contribution in [2.45, 2.75) is 32.7 Å².